The Bertz CT molecular complexity index is 461. The first kappa shape index (κ1) is 16.5. The molecule has 1 aromatic rings. The van der Waals surface area contributed by atoms with Crippen molar-refractivity contribution >= 4 is 0 Å². The van der Waals surface area contributed by atoms with E-state index in [1.165, 1.54) is 42.6 Å². The van der Waals surface area contributed by atoms with Crippen LogP contribution in [0, 0.1) is 25.7 Å². The highest BCUT2D eigenvalue weighted by Crippen LogP contribution is 2.32. The van der Waals surface area contributed by atoms with E-state index in [4.69, 9.17) is 0 Å². The monoisotopic (exact) mass is 291 g/mol. The van der Waals surface area contributed by atoms with Gasteiger partial charge in [-0.15, -0.1) is 0 Å². The Morgan fingerprint density at radius 1 is 1.19 bits per heavy atom. The zero-order valence-corrected chi connectivity index (χ0v) is 14.7. The van der Waals surface area contributed by atoms with E-state index in [-0.39, 0.29) is 0 Å². The van der Waals surface area contributed by atoms with E-state index in [1.54, 1.807) is 0 Å². The van der Waals surface area contributed by atoms with Gasteiger partial charge in [-0.3, -0.25) is 4.68 Å². The van der Waals surface area contributed by atoms with Crippen LogP contribution in [0.5, 0.6) is 0 Å². The molecular formula is C18H33N3. The summed E-state index contributed by atoms with van der Waals surface area (Å²) in [6.45, 7) is 14.5. The maximum atomic E-state index is 4.67. The Morgan fingerprint density at radius 3 is 2.43 bits per heavy atom. The van der Waals surface area contributed by atoms with Crippen LogP contribution in [0.15, 0.2) is 0 Å². The molecule has 3 heteroatoms. The third-order valence-corrected chi connectivity index (χ3v) is 5.31. The van der Waals surface area contributed by atoms with Crippen molar-refractivity contribution in [3.63, 3.8) is 0 Å². The quantitative estimate of drug-likeness (QED) is 0.872. The van der Waals surface area contributed by atoms with Crippen LogP contribution in [0.1, 0.15) is 76.4 Å². The maximum absolute atomic E-state index is 4.67. The molecule has 1 aliphatic carbocycles. The summed E-state index contributed by atoms with van der Waals surface area (Å²) in [6, 6.07) is 1.06. The summed E-state index contributed by atoms with van der Waals surface area (Å²) in [5.74, 6) is 1.60. The van der Waals surface area contributed by atoms with Gasteiger partial charge in [-0.05, 0) is 52.4 Å². The van der Waals surface area contributed by atoms with Gasteiger partial charge < -0.3 is 5.32 Å². The lowest BCUT2D eigenvalue weighted by Gasteiger charge is -2.37. The average Bonchev–Trinajstić information content (AvgIpc) is 2.73. The Kier molecular flexibility index (Phi) is 5.48. The molecule has 0 spiro atoms. The van der Waals surface area contributed by atoms with E-state index in [1.807, 2.05) is 0 Å². The lowest BCUT2D eigenvalue weighted by molar-refractivity contribution is 0.194. The first-order valence-electron chi connectivity index (χ1n) is 8.75. The highest BCUT2D eigenvalue weighted by molar-refractivity contribution is 5.28. The molecule has 1 aromatic heterocycles. The topological polar surface area (TPSA) is 29.9 Å². The van der Waals surface area contributed by atoms with E-state index < -0.39 is 0 Å². The van der Waals surface area contributed by atoms with Crippen LogP contribution in [0.4, 0.5) is 0 Å². The van der Waals surface area contributed by atoms with Crippen molar-refractivity contribution < 1.29 is 0 Å². The molecular weight excluding hydrogens is 258 g/mol. The number of nitrogens with zero attached hydrogens (tertiary/aromatic N) is 2. The minimum absolute atomic E-state index is 0.398. The van der Waals surface area contributed by atoms with Crippen LogP contribution < -0.4 is 5.32 Å². The number of rotatable bonds is 5. The van der Waals surface area contributed by atoms with E-state index in [0.29, 0.717) is 12.1 Å². The zero-order chi connectivity index (χ0) is 15.6. The first-order valence-corrected chi connectivity index (χ1v) is 8.75. The first-order chi connectivity index (χ1) is 9.95. The lowest BCUT2D eigenvalue weighted by Crippen LogP contribution is -2.42. The molecule has 1 heterocycles. The molecule has 3 atom stereocenters. The third kappa shape index (κ3) is 3.50. The zero-order valence-electron chi connectivity index (χ0n) is 14.7. The molecule has 2 rings (SSSR count). The second-order valence-electron chi connectivity index (χ2n) is 7.09. The summed E-state index contributed by atoms with van der Waals surface area (Å²) in [4.78, 5) is 0. The van der Waals surface area contributed by atoms with Crippen LogP contribution >= 0.6 is 0 Å². The van der Waals surface area contributed by atoms with Gasteiger partial charge in [0.2, 0.25) is 0 Å². The molecule has 3 nitrogen and oxygen atoms in total. The van der Waals surface area contributed by atoms with E-state index in [2.05, 4.69) is 56.6 Å². The van der Waals surface area contributed by atoms with Gasteiger partial charge in [0, 0.05) is 29.9 Å². The normalized spacial score (nSPS) is 24.5. The number of aryl methyl sites for hydroxylation is 2. The Morgan fingerprint density at radius 2 is 1.86 bits per heavy atom. The van der Waals surface area contributed by atoms with Gasteiger partial charge in [0.05, 0.1) is 5.69 Å². The van der Waals surface area contributed by atoms with Crippen LogP contribution in [0.2, 0.25) is 0 Å². The van der Waals surface area contributed by atoms with Gasteiger partial charge >= 0.3 is 0 Å². The molecule has 1 aliphatic rings. The molecule has 21 heavy (non-hydrogen) atoms. The molecule has 0 aliphatic heterocycles. The summed E-state index contributed by atoms with van der Waals surface area (Å²) in [6.07, 6.45) is 5.49. The molecule has 0 bridgehead atoms. The fourth-order valence-corrected chi connectivity index (χ4v) is 4.21. The summed E-state index contributed by atoms with van der Waals surface area (Å²) in [7, 11) is 0. The lowest BCUT2D eigenvalue weighted by atomic mass is 9.77. The maximum Gasteiger partial charge on any atom is 0.0644 e. The number of aromatic nitrogens is 2. The summed E-state index contributed by atoms with van der Waals surface area (Å²) in [5, 5.41) is 8.61. The fourth-order valence-electron chi connectivity index (χ4n) is 4.21. The molecule has 3 unspecified atom stereocenters. The summed E-state index contributed by atoms with van der Waals surface area (Å²) >= 11 is 0. The second-order valence-corrected chi connectivity index (χ2v) is 7.09. The molecule has 1 N–H and O–H groups in total. The van der Waals surface area contributed by atoms with Crippen molar-refractivity contribution in [2.75, 3.05) is 0 Å². The van der Waals surface area contributed by atoms with Crippen molar-refractivity contribution in [1.29, 1.82) is 0 Å². The number of nitrogens with one attached hydrogen (secondary N) is 1. The SMILES string of the molecule is CCn1nc(C)c(C(C)NC2CCCCC2C(C)C)c1C. The van der Waals surface area contributed by atoms with E-state index >= 15 is 0 Å². The average molecular weight is 291 g/mol. The van der Waals surface area contributed by atoms with Gasteiger partial charge in [0.1, 0.15) is 0 Å². The van der Waals surface area contributed by atoms with Crippen molar-refractivity contribution in [3.8, 4) is 0 Å². The van der Waals surface area contributed by atoms with Crippen LogP contribution in [0.3, 0.4) is 0 Å². The molecule has 1 fully saturated rings. The Balaban J connectivity index is 2.13. The summed E-state index contributed by atoms with van der Waals surface area (Å²) in [5.41, 5.74) is 3.92. The van der Waals surface area contributed by atoms with Crippen LogP contribution in [-0.2, 0) is 6.54 Å². The molecule has 0 saturated heterocycles. The highest BCUT2D eigenvalue weighted by atomic mass is 15.3. The standard InChI is InChI=1S/C18H33N3/c1-7-21-15(6)18(14(5)20-21)13(4)19-17-11-9-8-10-16(17)12(2)3/h12-13,16-17,19H,7-11H2,1-6H3. The van der Waals surface area contributed by atoms with Crippen LogP contribution in [0.25, 0.3) is 0 Å². The predicted molar refractivity (Wildman–Crippen MR) is 89.5 cm³/mol. The molecule has 0 aromatic carbocycles. The van der Waals surface area contributed by atoms with Crippen molar-refractivity contribution in [2.24, 2.45) is 11.8 Å². The largest absolute Gasteiger partial charge is 0.307 e. The van der Waals surface area contributed by atoms with Crippen LogP contribution in [-0.4, -0.2) is 15.8 Å². The Hall–Kier alpha value is -0.830. The molecule has 1 saturated carbocycles. The molecule has 0 radical (unpaired) electrons. The van der Waals surface area contributed by atoms with Gasteiger partial charge in [0.15, 0.2) is 0 Å². The van der Waals surface area contributed by atoms with Crippen molar-refractivity contribution in [3.05, 3.63) is 17.0 Å². The van der Waals surface area contributed by atoms with Crippen molar-refractivity contribution in [1.82, 2.24) is 15.1 Å². The number of hydrogen-bond donors (Lipinski definition) is 1. The van der Waals surface area contributed by atoms with Gasteiger partial charge in [-0.1, -0.05) is 26.7 Å². The van der Waals surface area contributed by atoms with E-state index in [9.17, 15) is 0 Å². The third-order valence-electron chi connectivity index (χ3n) is 5.31. The Labute approximate surface area is 130 Å². The van der Waals surface area contributed by atoms with E-state index in [0.717, 1.165) is 18.4 Å². The van der Waals surface area contributed by atoms with Gasteiger partial charge in [-0.25, -0.2) is 0 Å². The van der Waals surface area contributed by atoms with Gasteiger partial charge in [-0.2, -0.15) is 5.10 Å². The minimum Gasteiger partial charge on any atom is -0.307 e. The fraction of sp³-hybridized carbons (Fsp3) is 0.833. The van der Waals surface area contributed by atoms with Crippen molar-refractivity contribution in [2.45, 2.75) is 85.9 Å². The minimum atomic E-state index is 0.398. The second kappa shape index (κ2) is 6.95. The summed E-state index contributed by atoms with van der Waals surface area (Å²) < 4.78 is 2.13. The highest BCUT2D eigenvalue weighted by Gasteiger charge is 2.29. The smallest absolute Gasteiger partial charge is 0.0644 e. The number of hydrogen-bond acceptors (Lipinski definition) is 2. The molecule has 0 amide bonds. The molecule has 120 valence electrons. The predicted octanol–water partition coefficient (Wildman–Crippen LogP) is 4.39. The van der Waals surface area contributed by atoms with Gasteiger partial charge in [0.25, 0.3) is 0 Å².